The maximum Gasteiger partial charge on any atom is 0.422 e. The highest BCUT2D eigenvalue weighted by Crippen LogP contribution is 2.35. The number of alkyl halides is 6. The molecule has 1 aromatic carbocycles. The summed E-state index contributed by atoms with van der Waals surface area (Å²) in [5, 5.41) is 5.21. The van der Waals surface area contributed by atoms with Crippen LogP contribution in [0.15, 0.2) is 23.1 Å². The van der Waals surface area contributed by atoms with Gasteiger partial charge in [-0.15, -0.1) is 0 Å². The van der Waals surface area contributed by atoms with Crippen LogP contribution in [0, 0.1) is 6.92 Å². The molecule has 0 spiro atoms. The summed E-state index contributed by atoms with van der Waals surface area (Å²) in [5.74, 6) is -2.90. The number of sulfonamides is 1. The second-order valence-corrected chi connectivity index (χ2v) is 7.73. The number of benzene rings is 1. The summed E-state index contributed by atoms with van der Waals surface area (Å²) in [7, 11) is -4.95. The first-order valence-electron chi connectivity index (χ1n) is 7.67. The Kier molecular flexibility index (Phi) is 6.73. The summed E-state index contributed by atoms with van der Waals surface area (Å²) in [4.78, 5) is 5.87. The van der Waals surface area contributed by atoms with Gasteiger partial charge in [0.05, 0.1) is 0 Å². The number of nitrogens with two attached hydrogens (primary N) is 1. The van der Waals surface area contributed by atoms with E-state index in [0.29, 0.717) is 5.56 Å². The molecule has 1 heterocycles. The van der Waals surface area contributed by atoms with Crippen LogP contribution >= 0.6 is 11.6 Å². The lowest BCUT2D eigenvalue weighted by atomic mass is 10.1. The second kappa shape index (κ2) is 8.43. The number of ether oxygens (including phenoxy) is 2. The molecule has 0 saturated carbocycles. The molecule has 0 aliphatic heterocycles. The lowest BCUT2D eigenvalue weighted by Gasteiger charge is -2.17. The Labute approximate surface area is 170 Å². The first-order chi connectivity index (χ1) is 13.6. The Morgan fingerprint density at radius 1 is 1.00 bits per heavy atom. The van der Waals surface area contributed by atoms with Gasteiger partial charge in [0.25, 0.3) is 0 Å². The van der Waals surface area contributed by atoms with Crippen LogP contribution in [0.3, 0.4) is 0 Å². The zero-order valence-electron chi connectivity index (χ0n) is 14.8. The monoisotopic (exact) mass is 479 g/mol. The zero-order chi connectivity index (χ0) is 22.9. The largest absolute Gasteiger partial charge is 0.467 e. The SMILES string of the molecule is Cc1cc(Cl)ccc1-c1nc(OCC(F)(F)F)c(S(N)(=O)=O)c(OCC(F)(F)F)n1. The fourth-order valence-corrected chi connectivity index (χ4v) is 3.07. The molecule has 2 aromatic rings. The smallest absolute Gasteiger partial charge is 0.422 e. The number of aryl methyl sites for hydroxylation is 1. The van der Waals surface area contributed by atoms with Gasteiger partial charge in [0.15, 0.2) is 19.0 Å². The summed E-state index contributed by atoms with van der Waals surface area (Å²) in [6, 6.07) is 4.10. The molecule has 0 unspecified atom stereocenters. The van der Waals surface area contributed by atoms with Crippen molar-refractivity contribution in [3.05, 3.63) is 28.8 Å². The van der Waals surface area contributed by atoms with Gasteiger partial charge in [-0.2, -0.15) is 36.3 Å². The molecule has 0 aliphatic carbocycles. The van der Waals surface area contributed by atoms with Crippen molar-refractivity contribution < 1.29 is 44.2 Å². The van der Waals surface area contributed by atoms with E-state index in [4.69, 9.17) is 16.7 Å². The minimum absolute atomic E-state index is 0.120. The second-order valence-electron chi connectivity index (χ2n) is 5.80. The molecular weight excluding hydrogens is 468 g/mol. The van der Waals surface area contributed by atoms with Crippen molar-refractivity contribution in [3.63, 3.8) is 0 Å². The van der Waals surface area contributed by atoms with Crippen LogP contribution in [0.4, 0.5) is 26.3 Å². The van der Waals surface area contributed by atoms with Crippen LogP contribution in [-0.2, 0) is 10.0 Å². The molecule has 2 N–H and O–H groups in total. The Balaban J connectivity index is 2.72. The third-order valence-electron chi connectivity index (χ3n) is 3.26. The normalized spacial score (nSPS) is 12.7. The summed E-state index contributed by atoms with van der Waals surface area (Å²) in [5.41, 5.74) is 0.503. The van der Waals surface area contributed by atoms with Gasteiger partial charge in [-0.3, -0.25) is 0 Å². The average molecular weight is 480 g/mol. The van der Waals surface area contributed by atoms with Gasteiger partial charge in [-0.05, 0) is 30.7 Å². The maximum absolute atomic E-state index is 12.6. The van der Waals surface area contributed by atoms with Crippen molar-refractivity contribution in [1.82, 2.24) is 9.97 Å². The van der Waals surface area contributed by atoms with Crippen molar-refractivity contribution >= 4 is 21.6 Å². The van der Waals surface area contributed by atoms with Crippen molar-refractivity contribution in [2.45, 2.75) is 24.2 Å². The van der Waals surface area contributed by atoms with Crippen molar-refractivity contribution in [2.24, 2.45) is 5.14 Å². The molecule has 0 fully saturated rings. The first-order valence-corrected chi connectivity index (χ1v) is 9.60. The van der Waals surface area contributed by atoms with Gasteiger partial charge < -0.3 is 9.47 Å². The van der Waals surface area contributed by atoms with E-state index in [1.54, 1.807) is 0 Å². The predicted octanol–water partition coefficient (Wildman–Crippen LogP) is 3.64. The van der Waals surface area contributed by atoms with Crippen LogP contribution in [0.2, 0.25) is 5.02 Å². The number of hydrogen-bond donors (Lipinski definition) is 1. The zero-order valence-corrected chi connectivity index (χ0v) is 16.4. The summed E-state index contributed by atoms with van der Waals surface area (Å²) < 4.78 is 108. The number of aromatic nitrogens is 2. The molecule has 0 saturated heterocycles. The van der Waals surface area contributed by atoms with Crippen LogP contribution in [0.25, 0.3) is 11.4 Å². The quantitative estimate of drug-likeness (QED) is 0.634. The lowest BCUT2D eigenvalue weighted by molar-refractivity contribution is -0.155. The molecule has 0 bridgehead atoms. The first kappa shape index (κ1) is 24.0. The lowest BCUT2D eigenvalue weighted by Crippen LogP contribution is -2.25. The Hall–Kier alpha value is -2.32. The average Bonchev–Trinajstić information content (AvgIpc) is 2.55. The summed E-state index contributed by atoms with van der Waals surface area (Å²) in [6.45, 7) is -2.49. The van der Waals surface area contributed by atoms with Crippen LogP contribution in [0.5, 0.6) is 11.8 Å². The fraction of sp³-hybridized carbons (Fsp3) is 0.333. The predicted molar refractivity (Wildman–Crippen MR) is 91.7 cm³/mol. The van der Waals surface area contributed by atoms with Crippen LogP contribution in [0.1, 0.15) is 5.56 Å². The summed E-state index contributed by atoms with van der Waals surface area (Å²) in [6.07, 6.45) is -9.83. The third-order valence-corrected chi connectivity index (χ3v) is 4.42. The molecule has 0 atom stereocenters. The standard InChI is InChI=1S/C15H12ClF6N3O4S/c1-7-4-8(16)2-3-9(7)11-24-12(28-5-14(17,18)19)10(30(23,26)27)13(25-11)29-6-15(20,21)22/h2-4H,5-6H2,1H3,(H2,23,26,27). The van der Waals surface area contributed by atoms with Gasteiger partial charge in [0.2, 0.25) is 26.7 Å². The van der Waals surface area contributed by atoms with Crippen LogP contribution < -0.4 is 14.6 Å². The number of rotatable bonds is 6. The molecule has 0 aliphatic rings. The molecule has 1 aromatic heterocycles. The number of primary sulfonamides is 1. The molecule has 166 valence electrons. The van der Waals surface area contributed by atoms with E-state index >= 15 is 0 Å². The van der Waals surface area contributed by atoms with E-state index in [9.17, 15) is 34.8 Å². The molecule has 2 rings (SSSR count). The fourth-order valence-electron chi connectivity index (χ4n) is 2.15. The topological polar surface area (TPSA) is 104 Å². The molecule has 0 amide bonds. The number of halogens is 7. The van der Waals surface area contributed by atoms with Gasteiger partial charge in [-0.1, -0.05) is 11.6 Å². The number of nitrogens with zero attached hydrogens (tertiary/aromatic N) is 2. The Bertz CT molecular complexity index is 1000. The van der Waals surface area contributed by atoms with Gasteiger partial charge in [0.1, 0.15) is 0 Å². The highest BCUT2D eigenvalue weighted by atomic mass is 35.5. The Morgan fingerprint density at radius 3 is 1.83 bits per heavy atom. The molecule has 30 heavy (non-hydrogen) atoms. The van der Waals surface area contributed by atoms with E-state index in [0.717, 1.165) is 0 Å². The van der Waals surface area contributed by atoms with Crippen LogP contribution in [-0.4, -0.2) is 44.0 Å². The van der Waals surface area contributed by atoms with Gasteiger partial charge in [-0.25, -0.2) is 13.6 Å². The van der Waals surface area contributed by atoms with Crippen molar-refractivity contribution in [3.8, 4) is 23.1 Å². The van der Waals surface area contributed by atoms with Gasteiger partial charge in [0, 0.05) is 10.6 Å². The third kappa shape index (κ3) is 6.60. The molecule has 0 radical (unpaired) electrons. The molecule has 7 nitrogen and oxygen atoms in total. The van der Waals surface area contributed by atoms with Crippen molar-refractivity contribution in [2.75, 3.05) is 13.2 Å². The minimum atomic E-state index is -4.95. The highest BCUT2D eigenvalue weighted by Gasteiger charge is 2.35. The van der Waals surface area contributed by atoms with Gasteiger partial charge >= 0.3 is 12.4 Å². The molecular formula is C15H12ClF6N3O4S. The van der Waals surface area contributed by atoms with Crippen molar-refractivity contribution in [1.29, 1.82) is 0 Å². The van der Waals surface area contributed by atoms with E-state index < -0.39 is 58.1 Å². The minimum Gasteiger partial charge on any atom is -0.467 e. The van der Waals surface area contributed by atoms with E-state index in [1.807, 2.05) is 0 Å². The highest BCUT2D eigenvalue weighted by molar-refractivity contribution is 7.89. The molecule has 15 heteroatoms. The van der Waals surface area contributed by atoms with E-state index in [1.165, 1.54) is 25.1 Å². The maximum atomic E-state index is 12.6. The van der Waals surface area contributed by atoms with E-state index in [2.05, 4.69) is 19.4 Å². The number of hydrogen-bond acceptors (Lipinski definition) is 6. The Morgan fingerprint density at radius 2 is 1.47 bits per heavy atom. The van der Waals surface area contributed by atoms with E-state index in [-0.39, 0.29) is 10.6 Å². The summed E-state index contributed by atoms with van der Waals surface area (Å²) >= 11 is 5.82.